The molecule has 0 spiro atoms. The summed E-state index contributed by atoms with van der Waals surface area (Å²) in [6.45, 7) is 0.566. The fraction of sp³-hybridized carbons (Fsp3) is 0.174. The van der Waals surface area contributed by atoms with E-state index in [1.54, 1.807) is 0 Å². The minimum atomic E-state index is -0.465. The summed E-state index contributed by atoms with van der Waals surface area (Å²) in [5, 5.41) is 9.32. The molecule has 5 heteroatoms. The fourth-order valence-corrected chi connectivity index (χ4v) is 2.72. The molecule has 1 N–H and O–H groups in total. The van der Waals surface area contributed by atoms with Gasteiger partial charge in [-0.3, -0.25) is 0 Å². The predicted octanol–water partition coefficient (Wildman–Crippen LogP) is 4.61. The highest BCUT2D eigenvalue weighted by Crippen LogP contribution is 2.22. The first-order valence-electron chi connectivity index (χ1n) is 9.13. The third kappa shape index (κ3) is 5.86. The zero-order chi connectivity index (χ0) is 19.6. The normalized spacial score (nSPS) is 10.3. The molecule has 1 amide bonds. The van der Waals surface area contributed by atoms with E-state index >= 15 is 0 Å². The zero-order valence-electron chi connectivity index (χ0n) is 15.5. The summed E-state index contributed by atoms with van der Waals surface area (Å²) in [4.78, 5) is 13.9. The smallest absolute Gasteiger partial charge is 0.410 e. The summed E-state index contributed by atoms with van der Waals surface area (Å²) in [6, 6.07) is 26.5. The summed E-state index contributed by atoms with van der Waals surface area (Å²) in [5.74, 6) is 1.43. The average molecular weight is 377 g/mol. The van der Waals surface area contributed by atoms with E-state index in [0.717, 1.165) is 16.9 Å². The number of carbonyl (C=O) groups is 1. The highest BCUT2D eigenvalue weighted by molar-refractivity contribution is 5.67. The van der Waals surface area contributed by atoms with Crippen molar-refractivity contribution in [3.05, 3.63) is 96.1 Å². The van der Waals surface area contributed by atoms with Gasteiger partial charge in [-0.2, -0.15) is 0 Å². The molecule has 0 bridgehead atoms. The summed E-state index contributed by atoms with van der Waals surface area (Å²) in [7, 11) is 0. The molecule has 0 saturated carbocycles. The minimum absolute atomic E-state index is 0.138. The van der Waals surface area contributed by atoms with E-state index in [9.17, 15) is 9.90 Å². The molecule has 0 atom stereocenters. The van der Waals surface area contributed by atoms with Crippen molar-refractivity contribution in [2.75, 3.05) is 13.2 Å². The van der Waals surface area contributed by atoms with Crippen LogP contribution in [0.1, 0.15) is 11.1 Å². The molecule has 3 rings (SSSR count). The number of carbonyl (C=O) groups excluding carboxylic acids is 1. The topological polar surface area (TPSA) is 59.0 Å². The SMILES string of the molecule is O=C(OCc1ccccc1)N(CCO)Cc1cccc(Oc2ccccc2)c1. The Morgan fingerprint density at radius 2 is 1.46 bits per heavy atom. The second kappa shape index (κ2) is 10.1. The Morgan fingerprint density at radius 1 is 0.821 bits per heavy atom. The number of hydrogen-bond acceptors (Lipinski definition) is 4. The predicted molar refractivity (Wildman–Crippen MR) is 107 cm³/mol. The van der Waals surface area contributed by atoms with E-state index in [2.05, 4.69) is 0 Å². The van der Waals surface area contributed by atoms with Crippen molar-refractivity contribution in [1.29, 1.82) is 0 Å². The van der Waals surface area contributed by atoms with Gasteiger partial charge in [-0.15, -0.1) is 0 Å². The third-order valence-electron chi connectivity index (χ3n) is 4.08. The Balaban J connectivity index is 1.63. The van der Waals surface area contributed by atoms with E-state index in [1.165, 1.54) is 4.90 Å². The lowest BCUT2D eigenvalue weighted by Crippen LogP contribution is -2.33. The van der Waals surface area contributed by atoms with Gasteiger partial charge < -0.3 is 19.5 Å². The van der Waals surface area contributed by atoms with Crippen molar-refractivity contribution in [2.45, 2.75) is 13.2 Å². The fourth-order valence-electron chi connectivity index (χ4n) is 2.72. The number of para-hydroxylation sites is 1. The van der Waals surface area contributed by atoms with Crippen LogP contribution in [-0.2, 0) is 17.9 Å². The average Bonchev–Trinajstić information content (AvgIpc) is 2.73. The number of nitrogens with zero attached hydrogens (tertiary/aromatic N) is 1. The number of ether oxygens (including phenoxy) is 2. The van der Waals surface area contributed by atoms with Gasteiger partial charge in [-0.25, -0.2) is 4.79 Å². The first kappa shape index (κ1) is 19.5. The molecule has 0 radical (unpaired) electrons. The maximum Gasteiger partial charge on any atom is 0.410 e. The van der Waals surface area contributed by atoms with Crippen LogP contribution in [0.25, 0.3) is 0 Å². The summed E-state index contributed by atoms with van der Waals surface area (Å²) in [6.07, 6.45) is -0.465. The molecular formula is C23H23NO4. The van der Waals surface area contributed by atoms with E-state index in [-0.39, 0.29) is 19.8 Å². The van der Waals surface area contributed by atoms with Gasteiger partial charge in [0.25, 0.3) is 0 Å². The summed E-state index contributed by atoms with van der Waals surface area (Å²) < 4.78 is 11.2. The molecule has 3 aromatic rings. The van der Waals surface area contributed by atoms with Gasteiger partial charge >= 0.3 is 6.09 Å². The number of aliphatic hydroxyl groups is 1. The Kier molecular flexibility index (Phi) is 7.04. The summed E-state index contributed by atoms with van der Waals surface area (Å²) >= 11 is 0. The first-order valence-corrected chi connectivity index (χ1v) is 9.13. The van der Waals surface area contributed by atoms with Gasteiger partial charge in [0.15, 0.2) is 0 Å². The van der Waals surface area contributed by atoms with Gasteiger partial charge in [0.05, 0.1) is 6.61 Å². The second-order valence-corrected chi connectivity index (χ2v) is 6.25. The van der Waals surface area contributed by atoms with Crippen LogP contribution in [0.5, 0.6) is 11.5 Å². The first-order chi connectivity index (χ1) is 13.7. The van der Waals surface area contributed by atoms with Crippen LogP contribution in [0.2, 0.25) is 0 Å². The van der Waals surface area contributed by atoms with E-state index in [0.29, 0.717) is 12.3 Å². The number of benzene rings is 3. The Morgan fingerprint density at radius 3 is 2.18 bits per heavy atom. The van der Waals surface area contributed by atoms with Crippen LogP contribution in [0, 0.1) is 0 Å². The number of rotatable bonds is 8. The molecule has 3 aromatic carbocycles. The van der Waals surface area contributed by atoms with E-state index < -0.39 is 6.09 Å². The molecular weight excluding hydrogens is 354 g/mol. The summed E-state index contributed by atoms with van der Waals surface area (Å²) in [5.41, 5.74) is 1.80. The van der Waals surface area contributed by atoms with Crippen LogP contribution < -0.4 is 4.74 Å². The van der Waals surface area contributed by atoms with Crippen LogP contribution in [0.15, 0.2) is 84.9 Å². The van der Waals surface area contributed by atoms with Gasteiger partial charge in [0.1, 0.15) is 18.1 Å². The van der Waals surface area contributed by atoms with Gasteiger partial charge in [-0.05, 0) is 35.4 Å². The molecule has 0 aliphatic rings. The van der Waals surface area contributed by atoms with Gasteiger partial charge in [0, 0.05) is 13.1 Å². The Labute approximate surface area is 164 Å². The van der Waals surface area contributed by atoms with Crippen LogP contribution in [-0.4, -0.2) is 29.3 Å². The quantitative estimate of drug-likeness (QED) is 0.623. The number of aliphatic hydroxyl groups excluding tert-OH is 1. The van der Waals surface area contributed by atoms with Crippen molar-refractivity contribution in [3.8, 4) is 11.5 Å². The largest absolute Gasteiger partial charge is 0.457 e. The Bertz CT molecular complexity index is 868. The molecule has 28 heavy (non-hydrogen) atoms. The van der Waals surface area contributed by atoms with Crippen LogP contribution in [0.3, 0.4) is 0 Å². The second-order valence-electron chi connectivity index (χ2n) is 6.25. The van der Waals surface area contributed by atoms with Crippen LogP contribution >= 0.6 is 0 Å². The molecule has 0 aliphatic heterocycles. The van der Waals surface area contributed by atoms with Crippen molar-refractivity contribution in [2.24, 2.45) is 0 Å². The van der Waals surface area contributed by atoms with Crippen molar-refractivity contribution in [1.82, 2.24) is 4.90 Å². The van der Waals surface area contributed by atoms with Crippen molar-refractivity contribution in [3.63, 3.8) is 0 Å². The lowest BCUT2D eigenvalue weighted by Gasteiger charge is -2.21. The molecule has 0 fully saturated rings. The number of amides is 1. The standard InChI is InChI=1S/C23H23NO4/c25-15-14-24(23(26)27-18-19-8-3-1-4-9-19)17-20-10-7-13-22(16-20)28-21-11-5-2-6-12-21/h1-13,16,25H,14-15,17-18H2. The third-order valence-corrected chi connectivity index (χ3v) is 4.08. The van der Waals surface area contributed by atoms with E-state index in [4.69, 9.17) is 9.47 Å². The molecule has 5 nitrogen and oxygen atoms in total. The molecule has 0 aromatic heterocycles. The Hall–Kier alpha value is -3.31. The molecule has 0 unspecified atom stereocenters. The van der Waals surface area contributed by atoms with Crippen molar-refractivity contribution >= 4 is 6.09 Å². The van der Waals surface area contributed by atoms with Gasteiger partial charge in [-0.1, -0.05) is 60.7 Å². The monoisotopic (exact) mass is 377 g/mol. The highest BCUT2D eigenvalue weighted by atomic mass is 16.6. The maximum atomic E-state index is 12.4. The van der Waals surface area contributed by atoms with E-state index in [1.807, 2.05) is 84.9 Å². The maximum absolute atomic E-state index is 12.4. The molecule has 0 aliphatic carbocycles. The molecule has 144 valence electrons. The number of hydrogen-bond donors (Lipinski definition) is 1. The van der Waals surface area contributed by atoms with Crippen LogP contribution in [0.4, 0.5) is 4.79 Å². The van der Waals surface area contributed by atoms with Gasteiger partial charge in [0.2, 0.25) is 0 Å². The minimum Gasteiger partial charge on any atom is -0.457 e. The van der Waals surface area contributed by atoms with Crippen molar-refractivity contribution < 1.29 is 19.4 Å². The lowest BCUT2D eigenvalue weighted by atomic mass is 10.2. The highest BCUT2D eigenvalue weighted by Gasteiger charge is 2.15. The molecule has 0 heterocycles. The zero-order valence-corrected chi connectivity index (χ0v) is 15.5. The molecule has 0 saturated heterocycles. The lowest BCUT2D eigenvalue weighted by molar-refractivity contribution is 0.0858.